The quantitative estimate of drug-likeness (QED) is 0.570. The zero-order valence-corrected chi connectivity index (χ0v) is 17.1. The number of carbonyl (C=O) groups is 2. The SMILES string of the molecule is CC(=O)c1sc(-c2ccc(OCC(=O)NCc3cccc(Cl)c3)cc2)nc1C. The summed E-state index contributed by atoms with van der Waals surface area (Å²) in [7, 11) is 0. The van der Waals surface area contributed by atoms with Gasteiger partial charge in [-0.1, -0.05) is 23.7 Å². The number of ether oxygens (including phenoxy) is 1. The number of rotatable bonds is 7. The number of Topliss-reactive ketones (excluding diaryl/α,β-unsaturated/α-hetero) is 1. The predicted molar refractivity (Wildman–Crippen MR) is 111 cm³/mol. The lowest BCUT2D eigenvalue weighted by molar-refractivity contribution is -0.123. The first-order valence-electron chi connectivity index (χ1n) is 8.65. The van der Waals surface area contributed by atoms with Gasteiger partial charge in [0.05, 0.1) is 10.6 Å². The molecular formula is C21H19ClN2O3S. The second-order valence-electron chi connectivity index (χ2n) is 6.21. The van der Waals surface area contributed by atoms with Gasteiger partial charge in [0.1, 0.15) is 10.8 Å². The van der Waals surface area contributed by atoms with Crippen molar-refractivity contribution in [1.82, 2.24) is 10.3 Å². The number of nitrogens with zero attached hydrogens (tertiary/aromatic N) is 1. The molecule has 0 saturated heterocycles. The lowest BCUT2D eigenvalue weighted by atomic mass is 10.2. The summed E-state index contributed by atoms with van der Waals surface area (Å²) in [5.74, 6) is 0.386. The zero-order valence-electron chi connectivity index (χ0n) is 15.5. The summed E-state index contributed by atoms with van der Waals surface area (Å²) in [5, 5.41) is 4.21. The number of thiazole rings is 1. The molecule has 0 bridgehead atoms. The van der Waals surface area contributed by atoms with Crippen LogP contribution in [0.2, 0.25) is 5.02 Å². The van der Waals surface area contributed by atoms with Gasteiger partial charge in [0.25, 0.3) is 5.91 Å². The second kappa shape index (κ2) is 8.99. The highest BCUT2D eigenvalue weighted by Crippen LogP contribution is 2.29. The Hall–Kier alpha value is -2.70. The van der Waals surface area contributed by atoms with Crippen molar-refractivity contribution in [3.05, 3.63) is 69.7 Å². The van der Waals surface area contributed by atoms with E-state index < -0.39 is 0 Å². The summed E-state index contributed by atoms with van der Waals surface area (Å²) in [6.45, 7) is 3.68. The monoisotopic (exact) mass is 414 g/mol. The highest BCUT2D eigenvalue weighted by Gasteiger charge is 2.13. The fourth-order valence-electron chi connectivity index (χ4n) is 2.59. The van der Waals surface area contributed by atoms with Crippen LogP contribution in [0.3, 0.4) is 0 Å². The Morgan fingerprint density at radius 3 is 2.57 bits per heavy atom. The second-order valence-corrected chi connectivity index (χ2v) is 7.64. The number of hydrogen-bond acceptors (Lipinski definition) is 5. The van der Waals surface area contributed by atoms with Gasteiger partial charge in [-0.25, -0.2) is 4.98 Å². The molecule has 0 spiro atoms. The highest BCUT2D eigenvalue weighted by atomic mass is 35.5. The molecular weight excluding hydrogens is 396 g/mol. The number of ketones is 1. The number of aromatic nitrogens is 1. The van der Waals surface area contributed by atoms with Crippen LogP contribution in [0.4, 0.5) is 0 Å². The Bertz CT molecular complexity index is 999. The Morgan fingerprint density at radius 2 is 1.93 bits per heavy atom. The van der Waals surface area contributed by atoms with Crippen molar-refractivity contribution in [3.63, 3.8) is 0 Å². The van der Waals surface area contributed by atoms with Gasteiger partial charge >= 0.3 is 0 Å². The molecule has 1 heterocycles. The molecule has 3 rings (SSSR count). The molecule has 0 fully saturated rings. The van der Waals surface area contributed by atoms with Gasteiger partial charge in [-0.15, -0.1) is 11.3 Å². The first kappa shape index (κ1) is 20.0. The summed E-state index contributed by atoms with van der Waals surface area (Å²) in [5.41, 5.74) is 2.57. The summed E-state index contributed by atoms with van der Waals surface area (Å²) in [6.07, 6.45) is 0. The van der Waals surface area contributed by atoms with E-state index in [1.165, 1.54) is 11.3 Å². The molecule has 7 heteroatoms. The van der Waals surface area contributed by atoms with Crippen LogP contribution in [-0.4, -0.2) is 23.3 Å². The summed E-state index contributed by atoms with van der Waals surface area (Å²) in [6, 6.07) is 14.6. The van der Waals surface area contributed by atoms with E-state index in [9.17, 15) is 9.59 Å². The smallest absolute Gasteiger partial charge is 0.258 e. The molecule has 0 atom stereocenters. The lowest BCUT2D eigenvalue weighted by Crippen LogP contribution is -2.28. The van der Waals surface area contributed by atoms with Crippen molar-refractivity contribution in [3.8, 4) is 16.3 Å². The van der Waals surface area contributed by atoms with Gasteiger partial charge < -0.3 is 10.1 Å². The van der Waals surface area contributed by atoms with Crippen LogP contribution in [0.5, 0.6) is 5.75 Å². The Morgan fingerprint density at radius 1 is 1.18 bits per heavy atom. The van der Waals surface area contributed by atoms with E-state index in [2.05, 4.69) is 10.3 Å². The summed E-state index contributed by atoms with van der Waals surface area (Å²) >= 11 is 7.30. The van der Waals surface area contributed by atoms with Crippen molar-refractivity contribution in [2.24, 2.45) is 0 Å². The number of benzene rings is 2. The van der Waals surface area contributed by atoms with Crippen LogP contribution >= 0.6 is 22.9 Å². The lowest BCUT2D eigenvalue weighted by Gasteiger charge is -2.08. The number of halogens is 1. The maximum atomic E-state index is 12.0. The largest absolute Gasteiger partial charge is 0.484 e. The third kappa shape index (κ3) is 5.18. The molecule has 0 aliphatic carbocycles. The van der Waals surface area contributed by atoms with E-state index in [4.69, 9.17) is 16.3 Å². The first-order valence-corrected chi connectivity index (χ1v) is 9.84. The first-order chi connectivity index (χ1) is 13.4. The van der Waals surface area contributed by atoms with Crippen molar-refractivity contribution < 1.29 is 14.3 Å². The molecule has 0 aliphatic heterocycles. The van der Waals surface area contributed by atoms with Gasteiger partial charge in [0.2, 0.25) is 0 Å². The molecule has 1 aromatic heterocycles. The number of aryl methyl sites for hydroxylation is 1. The topological polar surface area (TPSA) is 68.3 Å². The molecule has 28 heavy (non-hydrogen) atoms. The molecule has 144 valence electrons. The number of amides is 1. The minimum absolute atomic E-state index is 0.0185. The van der Waals surface area contributed by atoms with Crippen molar-refractivity contribution in [2.45, 2.75) is 20.4 Å². The van der Waals surface area contributed by atoms with Crippen LogP contribution in [0.1, 0.15) is 27.9 Å². The van der Waals surface area contributed by atoms with Crippen LogP contribution in [0.15, 0.2) is 48.5 Å². The van der Waals surface area contributed by atoms with Crippen LogP contribution in [-0.2, 0) is 11.3 Å². The van der Waals surface area contributed by atoms with Gasteiger partial charge in [-0.2, -0.15) is 0 Å². The summed E-state index contributed by atoms with van der Waals surface area (Å²) < 4.78 is 5.53. The molecule has 0 aliphatic rings. The fourth-order valence-corrected chi connectivity index (χ4v) is 3.77. The third-order valence-corrected chi connectivity index (χ3v) is 5.51. The Kier molecular flexibility index (Phi) is 6.44. The Labute approximate surface area is 172 Å². The fraction of sp³-hybridized carbons (Fsp3) is 0.190. The van der Waals surface area contributed by atoms with Crippen LogP contribution < -0.4 is 10.1 Å². The van der Waals surface area contributed by atoms with Gasteiger partial charge in [0.15, 0.2) is 12.4 Å². The van der Waals surface area contributed by atoms with E-state index >= 15 is 0 Å². The number of nitrogens with one attached hydrogen (secondary N) is 1. The van der Waals surface area contributed by atoms with Gasteiger partial charge in [0, 0.05) is 24.1 Å². The minimum atomic E-state index is -0.217. The van der Waals surface area contributed by atoms with Gasteiger partial charge in [-0.3, -0.25) is 9.59 Å². The minimum Gasteiger partial charge on any atom is -0.484 e. The molecule has 1 amide bonds. The standard InChI is InChI=1S/C21H19ClN2O3S/c1-13-20(14(2)25)28-21(24-13)16-6-8-18(9-7-16)27-12-19(26)23-11-15-4-3-5-17(22)10-15/h3-10H,11-12H2,1-2H3,(H,23,26). The molecule has 3 aromatic rings. The van der Waals surface area contributed by atoms with E-state index in [-0.39, 0.29) is 18.3 Å². The van der Waals surface area contributed by atoms with Crippen molar-refractivity contribution in [2.75, 3.05) is 6.61 Å². The maximum absolute atomic E-state index is 12.0. The van der Waals surface area contributed by atoms with Crippen molar-refractivity contribution in [1.29, 1.82) is 0 Å². The average Bonchev–Trinajstić information content (AvgIpc) is 3.07. The van der Waals surface area contributed by atoms with Crippen LogP contribution in [0.25, 0.3) is 10.6 Å². The third-order valence-electron chi connectivity index (χ3n) is 3.97. The maximum Gasteiger partial charge on any atom is 0.258 e. The molecule has 2 aromatic carbocycles. The normalized spacial score (nSPS) is 10.5. The highest BCUT2D eigenvalue weighted by molar-refractivity contribution is 7.17. The van der Waals surface area contributed by atoms with E-state index in [0.29, 0.717) is 22.2 Å². The number of hydrogen-bond donors (Lipinski definition) is 1. The molecule has 0 saturated carbocycles. The van der Waals surface area contributed by atoms with Crippen LogP contribution in [0, 0.1) is 6.92 Å². The molecule has 1 N–H and O–H groups in total. The predicted octanol–water partition coefficient (Wildman–Crippen LogP) is 4.67. The van der Waals surface area contributed by atoms with Crippen molar-refractivity contribution >= 4 is 34.6 Å². The number of carbonyl (C=O) groups excluding carboxylic acids is 2. The average molecular weight is 415 g/mol. The zero-order chi connectivity index (χ0) is 20.1. The summed E-state index contributed by atoms with van der Waals surface area (Å²) in [4.78, 5) is 28.7. The van der Waals surface area contributed by atoms with E-state index in [1.54, 1.807) is 31.2 Å². The van der Waals surface area contributed by atoms with E-state index in [0.717, 1.165) is 21.8 Å². The van der Waals surface area contributed by atoms with E-state index in [1.807, 2.05) is 31.2 Å². The Balaban J connectivity index is 1.53. The molecule has 0 unspecified atom stereocenters. The molecule has 0 radical (unpaired) electrons. The van der Waals surface area contributed by atoms with Gasteiger partial charge in [-0.05, 0) is 48.9 Å². The molecule has 5 nitrogen and oxygen atoms in total.